The largest absolute Gasteiger partial charge is 0.492 e. The smallest absolute Gasteiger partial charge is 0.417 e. The molecule has 2 aromatic heterocycles. The number of benzene rings is 2. The van der Waals surface area contributed by atoms with Gasteiger partial charge >= 0.3 is 12.4 Å². The van der Waals surface area contributed by atoms with E-state index in [1.54, 1.807) is 25.2 Å². The predicted octanol–water partition coefficient (Wildman–Crippen LogP) is 5.35. The van der Waals surface area contributed by atoms with Crippen LogP contribution in [-0.4, -0.2) is 63.8 Å². The molecular formula is C27H24F6N6O2S. The molecule has 4 N–H and O–H groups in total. The summed E-state index contributed by atoms with van der Waals surface area (Å²) in [5, 5.41) is 18.7. The second-order valence-electron chi connectivity index (χ2n) is 9.93. The lowest BCUT2D eigenvalue weighted by molar-refractivity contribution is -0.143. The van der Waals surface area contributed by atoms with Crippen molar-refractivity contribution in [1.82, 2.24) is 20.1 Å². The number of aromatic amines is 1. The van der Waals surface area contributed by atoms with Gasteiger partial charge in [0, 0.05) is 37.1 Å². The number of likely N-dealkylation sites (tertiary alicyclic amines) is 1. The van der Waals surface area contributed by atoms with E-state index < -0.39 is 40.8 Å². The van der Waals surface area contributed by atoms with Gasteiger partial charge in [0.1, 0.15) is 4.88 Å². The van der Waals surface area contributed by atoms with E-state index in [2.05, 4.69) is 15.2 Å². The van der Waals surface area contributed by atoms with Crippen molar-refractivity contribution in [2.75, 3.05) is 31.6 Å². The molecule has 1 aliphatic heterocycles. The van der Waals surface area contributed by atoms with Gasteiger partial charge in [0.15, 0.2) is 5.13 Å². The van der Waals surface area contributed by atoms with Gasteiger partial charge in [-0.25, -0.2) is 0 Å². The normalized spacial score (nSPS) is 16.8. The van der Waals surface area contributed by atoms with E-state index >= 15 is 0 Å². The summed E-state index contributed by atoms with van der Waals surface area (Å²) in [5.41, 5.74) is 3.05. The maximum absolute atomic E-state index is 14.0. The minimum absolute atomic E-state index is 0.0758. The third-order valence-electron chi connectivity index (χ3n) is 7.06. The van der Waals surface area contributed by atoms with Crippen LogP contribution in [0.15, 0.2) is 42.6 Å². The summed E-state index contributed by atoms with van der Waals surface area (Å²) in [6.07, 6.45) is -6.77. The highest BCUT2D eigenvalue weighted by Gasteiger charge is 2.38. The van der Waals surface area contributed by atoms with Crippen LogP contribution in [0.5, 0.6) is 5.88 Å². The van der Waals surface area contributed by atoms with Crippen molar-refractivity contribution < 1.29 is 36.2 Å². The van der Waals surface area contributed by atoms with Crippen molar-refractivity contribution in [2.45, 2.75) is 24.8 Å². The monoisotopic (exact) mass is 610 g/mol. The Morgan fingerprint density at radius 1 is 1.19 bits per heavy atom. The highest BCUT2D eigenvalue weighted by molar-refractivity contribution is 7.17. The van der Waals surface area contributed by atoms with Crippen LogP contribution in [0.1, 0.15) is 33.6 Å². The SMILES string of the molecule is CN(c1nc(O)c(C(=Cc2ccc(C(F)(F)F)cc2C(F)(F)F)c2ccc3[nH]ncc3c2)s1)[C@@H]1CCN(CC(N)=O)C1. The summed E-state index contributed by atoms with van der Waals surface area (Å²) >= 11 is 1.02. The summed E-state index contributed by atoms with van der Waals surface area (Å²) in [7, 11) is 1.75. The van der Waals surface area contributed by atoms with Crippen LogP contribution in [0.4, 0.5) is 31.5 Å². The molecular weight excluding hydrogens is 586 g/mol. The first-order valence-corrected chi connectivity index (χ1v) is 13.4. The highest BCUT2D eigenvalue weighted by atomic mass is 32.1. The number of hydrogen-bond acceptors (Lipinski definition) is 7. The molecule has 0 unspecified atom stereocenters. The van der Waals surface area contributed by atoms with E-state index in [4.69, 9.17) is 5.73 Å². The molecule has 3 heterocycles. The minimum atomic E-state index is -5.09. The predicted molar refractivity (Wildman–Crippen MR) is 146 cm³/mol. The molecule has 1 saturated heterocycles. The van der Waals surface area contributed by atoms with Crippen LogP contribution in [0.2, 0.25) is 0 Å². The number of H-pyrrole nitrogens is 1. The molecule has 4 aromatic rings. The van der Waals surface area contributed by atoms with Crippen LogP contribution in [0.3, 0.4) is 0 Å². The zero-order valence-electron chi connectivity index (χ0n) is 21.9. The molecule has 1 atom stereocenters. The second-order valence-corrected chi connectivity index (χ2v) is 10.9. The number of nitrogens with zero attached hydrogens (tertiary/aromatic N) is 4. The number of halogens is 6. The standard InChI is InChI=1S/C27H24F6N6O2S/c1-38(18-6-7-39(12-18)13-22(34)40)25-36-24(41)23(42-25)19(14-3-5-21-16(8-14)11-35-37-21)9-15-2-4-17(26(28,29)30)10-20(15)27(31,32)33/h2-5,8-11,18,41H,6-7,12-13H2,1H3,(H2,34,40)(H,35,37)/t18-/m1/s1. The first-order valence-electron chi connectivity index (χ1n) is 12.6. The minimum Gasteiger partial charge on any atom is -0.492 e. The first-order chi connectivity index (χ1) is 19.7. The van der Waals surface area contributed by atoms with Crippen molar-refractivity contribution in [3.63, 3.8) is 0 Å². The Balaban J connectivity index is 1.61. The van der Waals surface area contributed by atoms with E-state index in [0.717, 1.165) is 23.5 Å². The van der Waals surface area contributed by atoms with E-state index in [1.165, 1.54) is 6.20 Å². The summed E-state index contributed by atoms with van der Waals surface area (Å²) in [6, 6.07) is 6.24. The Labute approximate surface area is 239 Å². The number of amides is 1. The van der Waals surface area contributed by atoms with Crippen LogP contribution < -0.4 is 10.6 Å². The van der Waals surface area contributed by atoms with Crippen molar-refractivity contribution >= 4 is 44.9 Å². The van der Waals surface area contributed by atoms with Gasteiger partial charge in [-0.3, -0.25) is 14.8 Å². The fraction of sp³-hybridized carbons (Fsp3) is 0.296. The molecule has 0 saturated carbocycles. The molecule has 1 amide bonds. The number of hydrogen-bond donors (Lipinski definition) is 3. The number of fused-ring (bicyclic) bond motifs is 1. The van der Waals surface area contributed by atoms with Gasteiger partial charge in [-0.05, 0) is 47.9 Å². The number of anilines is 1. The summed E-state index contributed by atoms with van der Waals surface area (Å²) in [6.45, 7) is 1.22. The van der Waals surface area contributed by atoms with Crippen molar-refractivity contribution in [1.29, 1.82) is 0 Å². The van der Waals surface area contributed by atoms with Crippen molar-refractivity contribution in [2.24, 2.45) is 5.73 Å². The Morgan fingerprint density at radius 3 is 2.64 bits per heavy atom. The summed E-state index contributed by atoms with van der Waals surface area (Å²) in [5.74, 6) is -0.911. The van der Waals surface area contributed by atoms with Gasteiger partial charge in [0.05, 0.1) is 29.4 Å². The maximum atomic E-state index is 14.0. The Kier molecular flexibility index (Phi) is 7.66. The fourth-order valence-electron chi connectivity index (χ4n) is 4.93. The van der Waals surface area contributed by atoms with E-state index in [0.29, 0.717) is 47.2 Å². The van der Waals surface area contributed by atoms with Gasteiger partial charge < -0.3 is 15.7 Å². The van der Waals surface area contributed by atoms with Gasteiger partial charge in [-0.1, -0.05) is 23.5 Å². The summed E-state index contributed by atoms with van der Waals surface area (Å²) < 4.78 is 81.9. The molecule has 222 valence electrons. The molecule has 1 fully saturated rings. The molecule has 5 rings (SSSR count). The number of carbonyl (C=O) groups excluding carboxylic acids is 1. The average Bonchev–Trinajstić information content (AvgIpc) is 3.65. The topological polar surface area (TPSA) is 111 Å². The number of nitrogens with two attached hydrogens (primary N) is 1. The van der Waals surface area contributed by atoms with Gasteiger partial charge in [0.2, 0.25) is 11.8 Å². The van der Waals surface area contributed by atoms with E-state index in [1.807, 2.05) is 9.80 Å². The highest BCUT2D eigenvalue weighted by Crippen LogP contribution is 2.43. The molecule has 0 aliphatic carbocycles. The third kappa shape index (κ3) is 6.06. The molecule has 0 bridgehead atoms. The molecule has 8 nitrogen and oxygen atoms in total. The number of rotatable bonds is 7. The van der Waals surface area contributed by atoms with Crippen LogP contribution in [0, 0.1) is 0 Å². The molecule has 42 heavy (non-hydrogen) atoms. The lowest BCUT2D eigenvalue weighted by Gasteiger charge is -2.23. The van der Waals surface area contributed by atoms with Gasteiger partial charge in [-0.2, -0.15) is 36.4 Å². The number of thiazole rings is 1. The zero-order valence-corrected chi connectivity index (χ0v) is 22.7. The zero-order chi connectivity index (χ0) is 30.4. The molecule has 15 heteroatoms. The number of primary amides is 1. The first kappa shape index (κ1) is 29.4. The van der Waals surface area contributed by atoms with E-state index in [9.17, 15) is 36.2 Å². The van der Waals surface area contributed by atoms with E-state index in [-0.39, 0.29) is 29.1 Å². The maximum Gasteiger partial charge on any atom is 0.417 e. The number of aromatic nitrogens is 3. The second kappa shape index (κ2) is 10.9. The molecule has 1 aliphatic rings. The number of nitrogens with one attached hydrogen (secondary N) is 1. The van der Waals surface area contributed by atoms with Crippen LogP contribution in [0.25, 0.3) is 22.6 Å². The van der Waals surface area contributed by atoms with Crippen molar-refractivity contribution in [3.8, 4) is 5.88 Å². The number of carbonyl (C=O) groups is 1. The average molecular weight is 611 g/mol. The molecule has 2 aromatic carbocycles. The number of aromatic hydroxyl groups is 1. The molecule has 0 radical (unpaired) electrons. The summed E-state index contributed by atoms with van der Waals surface area (Å²) in [4.78, 5) is 19.4. The lowest BCUT2D eigenvalue weighted by atomic mass is 9.96. The Hall–Kier alpha value is -4.11. The van der Waals surface area contributed by atoms with Crippen molar-refractivity contribution in [3.05, 3.63) is 69.7 Å². The van der Waals surface area contributed by atoms with Crippen LogP contribution in [-0.2, 0) is 17.1 Å². The molecule has 0 spiro atoms. The van der Waals surface area contributed by atoms with Gasteiger partial charge in [0.25, 0.3) is 0 Å². The Morgan fingerprint density at radius 2 is 1.95 bits per heavy atom. The van der Waals surface area contributed by atoms with Gasteiger partial charge in [-0.15, -0.1) is 0 Å². The lowest BCUT2D eigenvalue weighted by Crippen LogP contribution is -2.37. The Bertz CT molecular complexity index is 1660. The third-order valence-corrected chi connectivity index (χ3v) is 8.22. The number of likely N-dealkylation sites (N-methyl/N-ethyl adjacent to an activating group) is 1. The quantitative estimate of drug-likeness (QED) is 0.192. The fourth-order valence-corrected chi connectivity index (χ4v) is 5.96. The van der Waals surface area contributed by atoms with Crippen LogP contribution >= 0.6 is 11.3 Å². The number of alkyl halides is 6.